The van der Waals surface area contributed by atoms with Gasteiger partial charge in [-0.3, -0.25) is 18.6 Å². The van der Waals surface area contributed by atoms with Crippen molar-refractivity contribution in [2.45, 2.75) is 33.5 Å². The lowest BCUT2D eigenvalue weighted by molar-refractivity contribution is 0.582. The van der Waals surface area contributed by atoms with Crippen LogP contribution in [0.4, 0.5) is 4.39 Å². The molecule has 0 aliphatic heterocycles. The molecule has 0 aliphatic carbocycles. The van der Waals surface area contributed by atoms with Crippen LogP contribution in [0.3, 0.4) is 0 Å². The van der Waals surface area contributed by atoms with Crippen molar-refractivity contribution in [1.82, 2.24) is 18.9 Å². The summed E-state index contributed by atoms with van der Waals surface area (Å²) in [5.74, 6) is -0.510. The SMILES string of the molecule is CCn1nc(C)c2c1c(=O)n(Cc1ccccc1)c(=O)n2Cc1c(F)cccc1Cl. The van der Waals surface area contributed by atoms with E-state index < -0.39 is 17.1 Å². The van der Waals surface area contributed by atoms with E-state index >= 15 is 0 Å². The van der Waals surface area contributed by atoms with E-state index in [-0.39, 0.29) is 23.7 Å². The molecular weight excluding hydrogens is 407 g/mol. The van der Waals surface area contributed by atoms with Crippen LogP contribution in [0.25, 0.3) is 11.0 Å². The molecule has 0 spiro atoms. The molecule has 154 valence electrons. The average Bonchev–Trinajstić information content (AvgIpc) is 3.07. The first kappa shape index (κ1) is 20.1. The fourth-order valence-corrected chi connectivity index (χ4v) is 3.91. The van der Waals surface area contributed by atoms with Crippen LogP contribution in [-0.4, -0.2) is 18.9 Å². The van der Waals surface area contributed by atoms with Crippen molar-refractivity contribution in [2.75, 3.05) is 0 Å². The molecule has 30 heavy (non-hydrogen) atoms. The van der Waals surface area contributed by atoms with Gasteiger partial charge in [-0.05, 0) is 31.5 Å². The molecule has 0 aliphatic rings. The van der Waals surface area contributed by atoms with Gasteiger partial charge in [-0.15, -0.1) is 0 Å². The third-order valence-electron chi connectivity index (χ3n) is 5.14. The van der Waals surface area contributed by atoms with E-state index in [0.29, 0.717) is 23.3 Å². The van der Waals surface area contributed by atoms with Gasteiger partial charge in [0.2, 0.25) is 0 Å². The predicted octanol–water partition coefficient (Wildman–Crippen LogP) is 3.58. The number of aromatic nitrogens is 4. The molecule has 4 rings (SSSR count). The van der Waals surface area contributed by atoms with Gasteiger partial charge in [0, 0.05) is 17.1 Å². The second-order valence-electron chi connectivity index (χ2n) is 7.04. The highest BCUT2D eigenvalue weighted by atomic mass is 35.5. The lowest BCUT2D eigenvalue weighted by Crippen LogP contribution is -2.41. The van der Waals surface area contributed by atoms with Gasteiger partial charge in [-0.25, -0.2) is 9.18 Å². The van der Waals surface area contributed by atoms with Gasteiger partial charge in [-0.1, -0.05) is 48.0 Å². The van der Waals surface area contributed by atoms with Crippen LogP contribution in [-0.2, 0) is 19.6 Å². The molecule has 0 bridgehead atoms. The van der Waals surface area contributed by atoms with Crippen LogP contribution in [0.15, 0.2) is 58.1 Å². The van der Waals surface area contributed by atoms with E-state index in [4.69, 9.17) is 11.6 Å². The first-order chi connectivity index (χ1) is 14.4. The lowest BCUT2D eigenvalue weighted by atomic mass is 10.2. The Morgan fingerprint density at radius 1 is 0.967 bits per heavy atom. The largest absolute Gasteiger partial charge is 0.332 e. The van der Waals surface area contributed by atoms with Crippen molar-refractivity contribution >= 4 is 22.6 Å². The van der Waals surface area contributed by atoms with Crippen molar-refractivity contribution in [3.05, 3.63) is 97.0 Å². The van der Waals surface area contributed by atoms with E-state index in [1.807, 2.05) is 37.3 Å². The Morgan fingerprint density at radius 2 is 1.70 bits per heavy atom. The zero-order chi connectivity index (χ0) is 21.4. The van der Waals surface area contributed by atoms with Gasteiger partial charge < -0.3 is 0 Å². The summed E-state index contributed by atoms with van der Waals surface area (Å²) in [5, 5.41) is 4.64. The van der Waals surface area contributed by atoms with E-state index in [2.05, 4.69) is 5.10 Å². The van der Waals surface area contributed by atoms with Gasteiger partial charge in [0.1, 0.15) is 5.82 Å². The molecule has 0 fully saturated rings. The maximum absolute atomic E-state index is 14.5. The maximum atomic E-state index is 14.5. The van der Waals surface area contributed by atoms with Gasteiger partial charge in [0.25, 0.3) is 5.56 Å². The molecular formula is C22H20ClFN4O2. The molecule has 0 atom stereocenters. The number of fused-ring (bicyclic) bond motifs is 1. The van der Waals surface area contributed by atoms with Gasteiger partial charge in [-0.2, -0.15) is 5.10 Å². The summed E-state index contributed by atoms with van der Waals surface area (Å²) < 4.78 is 18.6. The highest BCUT2D eigenvalue weighted by molar-refractivity contribution is 6.31. The molecule has 0 N–H and O–H groups in total. The van der Waals surface area contributed by atoms with Crippen LogP contribution in [0, 0.1) is 12.7 Å². The molecule has 2 aromatic carbocycles. The Bertz CT molecular complexity index is 1340. The van der Waals surface area contributed by atoms with Crippen molar-refractivity contribution < 1.29 is 4.39 Å². The van der Waals surface area contributed by atoms with Crippen molar-refractivity contribution in [1.29, 1.82) is 0 Å². The zero-order valence-corrected chi connectivity index (χ0v) is 17.4. The van der Waals surface area contributed by atoms with E-state index in [9.17, 15) is 14.0 Å². The topological polar surface area (TPSA) is 61.8 Å². The molecule has 2 heterocycles. The Kier molecular flexibility index (Phi) is 5.30. The van der Waals surface area contributed by atoms with Gasteiger partial charge >= 0.3 is 5.69 Å². The van der Waals surface area contributed by atoms with Gasteiger partial charge in [0.05, 0.1) is 24.3 Å². The molecule has 2 aromatic heterocycles. The highest BCUT2D eigenvalue weighted by Crippen LogP contribution is 2.22. The maximum Gasteiger partial charge on any atom is 0.332 e. The standard InChI is InChI=1S/C22H20ClFN4O2/c1-3-28-20-19(14(2)25-28)26(13-16-17(23)10-7-11-18(16)24)22(30)27(21(20)29)12-15-8-5-4-6-9-15/h4-11H,3,12-13H2,1-2H3. The predicted molar refractivity (Wildman–Crippen MR) is 115 cm³/mol. The van der Waals surface area contributed by atoms with Crippen molar-refractivity contribution in [2.24, 2.45) is 0 Å². The fraction of sp³-hybridized carbons (Fsp3) is 0.227. The number of halogens is 2. The average molecular weight is 427 g/mol. The summed E-state index contributed by atoms with van der Waals surface area (Å²) in [4.78, 5) is 26.7. The summed E-state index contributed by atoms with van der Waals surface area (Å²) in [5.41, 5.74) is 1.29. The minimum atomic E-state index is -0.533. The fourth-order valence-electron chi connectivity index (χ4n) is 3.69. The summed E-state index contributed by atoms with van der Waals surface area (Å²) >= 11 is 6.21. The minimum Gasteiger partial charge on any atom is -0.285 e. The highest BCUT2D eigenvalue weighted by Gasteiger charge is 2.21. The summed E-state index contributed by atoms with van der Waals surface area (Å²) in [6.45, 7) is 4.06. The summed E-state index contributed by atoms with van der Waals surface area (Å²) in [6.07, 6.45) is 0. The van der Waals surface area contributed by atoms with Crippen molar-refractivity contribution in [3.63, 3.8) is 0 Å². The molecule has 0 saturated carbocycles. The van der Waals surface area contributed by atoms with E-state index in [0.717, 1.165) is 5.56 Å². The van der Waals surface area contributed by atoms with Crippen molar-refractivity contribution in [3.8, 4) is 0 Å². The van der Waals surface area contributed by atoms with Gasteiger partial charge in [0.15, 0.2) is 5.52 Å². The Balaban J connectivity index is 2.02. The van der Waals surface area contributed by atoms with Crippen LogP contribution < -0.4 is 11.2 Å². The Morgan fingerprint density at radius 3 is 2.37 bits per heavy atom. The third-order valence-corrected chi connectivity index (χ3v) is 5.49. The normalized spacial score (nSPS) is 11.3. The molecule has 0 amide bonds. The third kappa shape index (κ3) is 3.35. The Hall–Kier alpha value is -3.19. The monoisotopic (exact) mass is 426 g/mol. The molecule has 8 heteroatoms. The number of hydrogen-bond donors (Lipinski definition) is 0. The Labute approximate surface area is 176 Å². The summed E-state index contributed by atoms with van der Waals surface area (Å²) in [6, 6.07) is 13.6. The molecule has 0 radical (unpaired) electrons. The molecule has 4 aromatic rings. The minimum absolute atomic E-state index is 0.105. The second-order valence-corrected chi connectivity index (χ2v) is 7.45. The second kappa shape index (κ2) is 7.91. The molecule has 0 unspecified atom stereocenters. The number of aryl methyl sites for hydroxylation is 2. The number of hydrogen-bond acceptors (Lipinski definition) is 3. The van der Waals surface area contributed by atoms with E-state index in [1.165, 1.54) is 21.3 Å². The van der Waals surface area contributed by atoms with Crippen LogP contribution in [0.5, 0.6) is 0 Å². The number of benzene rings is 2. The lowest BCUT2D eigenvalue weighted by Gasteiger charge is -2.14. The molecule has 6 nitrogen and oxygen atoms in total. The van der Waals surface area contributed by atoms with Crippen LogP contribution in [0.2, 0.25) is 5.02 Å². The first-order valence-electron chi connectivity index (χ1n) is 9.60. The van der Waals surface area contributed by atoms with Crippen LogP contribution in [0.1, 0.15) is 23.7 Å². The smallest absolute Gasteiger partial charge is 0.285 e. The quantitative estimate of drug-likeness (QED) is 0.490. The zero-order valence-electron chi connectivity index (χ0n) is 16.6. The van der Waals surface area contributed by atoms with E-state index in [1.54, 1.807) is 17.7 Å². The first-order valence-corrected chi connectivity index (χ1v) is 9.97. The number of rotatable bonds is 5. The van der Waals surface area contributed by atoms with Crippen LogP contribution >= 0.6 is 11.6 Å². The summed E-state index contributed by atoms with van der Waals surface area (Å²) in [7, 11) is 0. The molecule has 0 saturated heterocycles. The number of nitrogens with zero attached hydrogens (tertiary/aromatic N) is 4.